The molecule has 0 fully saturated rings. The lowest BCUT2D eigenvalue weighted by molar-refractivity contribution is 1.59. The number of nitrogens with two attached hydrogens (primary N) is 1. The number of rotatable bonds is 0. The van der Waals surface area contributed by atoms with Gasteiger partial charge >= 0.3 is 0 Å². The third-order valence-electron chi connectivity index (χ3n) is 1.02. The number of hydrogen-bond acceptors (Lipinski definition) is 1. The molecule has 0 atom stereocenters. The molecule has 0 saturated carbocycles. The minimum absolute atomic E-state index is 0.617. The SMILES string of the molecule is Nc1cc(Br)cc(Cl)c1Br. The number of anilines is 1. The fraction of sp³-hybridized carbons (Fsp3) is 0. The zero-order valence-electron chi connectivity index (χ0n) is 4.87. The zero-order chi connectivity index (χ0) is 7.72. The standard InChI is InChI=1S/C6H4Br2ClN/c7-3-1-4(9)6(8)5(10)2-3/h1-2H,10H2. The largest absolute Gasteiger partial charge is 0.398 e. The van der Waals surface area contributed by atoms with E-state index in [9.17, 15) is 0 Å². The molecular weight excluding hydrogens is 281 g/mol. The van der Waals surface area contributed by atoms with E-state index in [1.165, 1.54) is 0 Å². The average molecular weight is 285 g/mol. The van der Waals surface area contributed by atoms with Crippen LogP contribution < -0.4 is 5.73 Å². The summed E-state index contributed by atoms with van der Waals surface area (Å²) in [6, 6.07) is 3.57. The summed E-state index contributed by atoms with van der Waals surface area (Å²) in [5, 5.41) is 0.617. The summed E-state index contributed by atoms with van der Waals surface area (Å²) >= 11 is 12.3. The van der Waals surface area contributed by atoms with Crippen molar-refractivity contribution >= 4 is 49.1 Å². The Labute approximate surface area is 80.8 Å². The maximum Gasteiger partial charge on any atom is 0.0591 e. The second-order valence-corrected chi connectivity index (χ2v) is 3.91. The van der Waals surface area contributed by atoms with Gasteiger partial charge in [0.2, 0.25) is 0 Å². The fourth-order valence-corrected chi connectivity index (χ4v) is 1.64. The third-order valence-corrected chi connectivity index (χ3v) is 2.89. The van der Waals surface area contributed by atoms with Gasteiger partial charge in [0.15, 0.2) is 0 Å². The van der Waals surface area contributed by atoms with Crippen molar-refractivity contribution in [2.45, 2.75) is 0 Å². The normalized spacial score (nSPS) is 9.90. The minimum Gasteiger partial charge on any atom is -0.398 e. The molecule has 0 aliphatic carbocycles. The molecule has 0 bridgehead atoms. The van der Waals surface area contributed by atoms with Crippen molar-refractivity contribution in [1.82, 2.24) is 0 Å². The van der Waals surface area contributed by atoms with Gasteiger partial charge in [0.25, 0.3) is 0 Å². The molecule has 0 radical (unpaired) electrons. The third kappa shape index (κ3) is 1.65. The molecular formula is C6H4Br2ClN. The number of hydrogen-bond donors (Lipinski definition) is 1. The maximum atomic E-state index is 5.76. The average Bonchev–Trinajstić information content (AvgIpc) is 1.82. The van der Waals surface area contributed by atoms with Crippen LogP contribution in [0, 0.1) is 0 Å². The lowest BCUT2D eigenvalue weighted by Crippen LogP contribution is -1.86. The van der Waals surface area contributed by atoms with E-state index in [4.69, 9.17) is 17.3 Å². The summed E-state index contributed by atoms with van der Waals surface area (Å²) in [6.45, 7) is 0. The first-order chi connectivity index (χ1) is 4.61. The first-order valence-corrected chi connectivity index (χ1v) is 4.47. The molecule has 10 heavy (non-hydrogen) atoms. The van der Waals surface area contributed by atoms with E-state index in [1.807, 2.05) is 0 Å². The van der Waals surface area contributed by atoms with Crippen LogP contribution in [0.25, 0.3) is 0 Å². The van der Waals surface area contributed by atoms with Crippen molar-refractivity contribution in [3.63, 3.8) is 0 Å². The number of nitrogen functional groups attached to an aromatic ring is 1. The van der Waals surface area contributed by atoms with E-state index in [1.54, 1.807) is 12.1 Å². The van der Waals surface area contributed by atoms with Crippen molar-refractivity contribution < 1.29 is 0 Å². The van der Waals surface area contributed by atoms with E-state index in [0.29, 0.717) is 10.7 Å². The van der Waals surface area contributed by atoms with Crippen molar-refractivity contribution in [3.05, 3.63) is 26.1 Å². The van der Waals surface area contributed by atoms with Crippen molar-refractivity contribution in [1.29, 1.82) is 0 Å². The van der Waals surface area contributed by atoms with Gasteiger partial charge in [-0.15, -0.1) is 0 Å². The zero-order valence-corrected chi connectivity index (χ0v) is 8.79. The summed E-state index contributed by atoms with van der Waals surface area (Å²) in [5.74, 6) is 0. The number of benzene rings is 1. The molecule has 0 saturated heterocycles. The first kappa shape index (κ1) is 8.37. The molecule has 1 nitrogen and oxygen atoms in total. The Morgan fingerprint density at radius 2 is 1.90 bits per heavy atom. The van der Waals surface area contributed by atoms with Crippen LogP contribution in [-0.4, -0.2) is 0 Å². The Morgan fingerprint density at radius 1 is 1.30 bits per heavy atom. The van der Waals surface area contributed by atoms with E-state index in [2.05, 4.69) is 31.9 Å². The van der Waals surface area contributed by atoms with Crippen molar-refractivity contribution in [3.8, 4) is 0 Å². The van der Waals surface area contributed by atoms with Crippen LogP contribution in [0.1, 0.15) is 0 Å². The Bertz CT molecular complexity index is 239. The summed E-state index contributed by atoms with van der Waals surface area (Å²) in [7, 11) is 0. The highest BCUT2D eigenvalue weighted by Gasteiger charge is 2.01. The predicted octanol–water partition coefficient (Wildman–Crippen LogP) is 3.45. The smallest absolute Gasteiger partial charge is 0.0591 e. The van der Waals surface area contributed by atoms with Crippen LogP contribution in [-0.2, 0) is 0 Å². The van der Waals surface area contributed by atoms with Crippen LogP contribution in [0.4, 0.5) is 5.69 Å². The van der Waals surface area contributed by atoms with E-state index in [-0.39, 0.29) is 0 Å². The molecule has 0 heterocycles. The molecule has 1 rings (SSSR count). The lowest BCUT2D eigenvalue weighted by Gasteiger charge is -2.00. The molecule has 1 aromatic carbocycles. The van der Waals surface area contributed by atoms with Gasteiger partial charge in [-0.1, -0.05) is 27.5 Å². The number of halogens is 3. The van der Waals surface area contributed by atoms with Gasteiger partial charge in [-0.25, -0.2) is 0 Å². The van der Waals surface area contributed by atoms with Gasteiger partial charge < -0.3 is 5.73 Å². The predicted molar refractivity (Wildman–Crippen MR) is 51.3 cm³/mol. The molecule has 0 spiro atoms. The highest BCUT2D eigenvalue weighted by molar-refractivity contribution is 9.11. The van der Waals surface area contributed by atoms with Gasteiger partial charge in [0.1, 0.15) is 0 Å². The molecule has 0 aliphatic rings. The van der Waals surface area contributed by atoms with Gasteiger partial charge in [0.05, 0.1) is 9.50 Å². The van der Waals surface area contributed by atoms with Gasteiger partial charge in [-0.3, -0.25) is 0 Å². The Balaban J connectivity index is 3.31. The fourth-order valence-electron chi connectivity index (χ4n) is 0.576. The minimum atomic E-state index is 0.617. The molecule has 0 unspecified atom stereocenters. The van der Waals surface area contributed by atoms with Crippen molar-refractivity contribution in [2.75, 3.05) is 5.73 Å². The van der Waals surface area contributed by atoms with Crippen LogP contribution in [0.2, 0.25) is 5.02 Å². The van der Waals surface area contributed by atoms with E-state index in [0.717, 1.165) is 8.95 Å². The summed E-state index contributed by atoms with van der Waals surface area (Å²) in [6.07, 6.45) is 0. The molecule has 0 amide bonds. The topological polar surface area (TPSA) is 26.0 Å². The highest BCUT2D eigenvalue weighted by Crippen LogP contribution is 2.31. The molecule has 0 aliphatic heterocycles. The quantitative estimate of drug-likeness (QED) is 0.573. The van der Waals surface area contributed by atoms with Gasteiger partial charge in [-0.05, 0) is 28.1 Å². The maximum absolute atomic E-state index is 5.76. The van der Waals surface area contributed by atoms with Crippen molar-refractivity contribution in [2.24, 2.45) is 0 Å². The van der Waals surface area contributed by atoms with E-state index < -0.39 is 0 Å². The Morgan fingerprint density at radius 3 is 2.40 bits per heavy atom. The van der Waals surface area contributed by atoms with E-state index >= 15 is 0 Å². The van der Waals surface area contributed by atoms with Crippen LogP contribution in [0.3, 0.4) is 0 Å². The molecule has 2 N–H and O–H groups in total. The molecule has 1 aromatic rings. The molecule has 4 heteroatoms. The van der Waals surface area contributed by atoms with Crippen LogP contribution in [0.15, 0.2) is 21.1 Å². The second kappa shape index (κ2) is 3.11. The molecule has 54 valence electrons. The van der Waals surface area contributed by atoms with Crippen LogP contribution in [0.5, 0.6) is 0 Å². The Hall–Kier alpha value is 0.270. The molecule has 0 aromatic heterocycles. The van der Waals surface area contributed by atoms with Gasteiger partial charge in [0, 0.05) is 10.2 Å². The Kier molecular flexibility index (Phi) is 2.61. The lowest BCUT2D eigenvalue weighted by atomic mass is 10.3. The summed E-state index contributed by atoms with van der Waals surface area (Å²) < 4.78 is 1.63. The second-order valence-electron chi connectivity index (χ2n) is 1.79. The summed E-state index contributed by atoms with van der Waals surface area (Å²) in [4.78, 5) is 0. The van der Waals surface area contributed by atoms with Crippen LogP contribution >= 0.6 is 43.5 Å². The monoisotopic (exact) mass is 283 g/mol. The highest BCUT2D eigenvalue weighted by atomic mass is 79.9. The summed E-state index contributed by atoms with van der Waals surface area (Å²) in [5.41, 5.74) is 6.20. The van der Waals surface area contributed by atoms with Gasteiger partial charge in [-0.2, -0.15) is 0 Å². The first-order valence-electron chi connectivity index (χ1n) is 2.51.